The monoisotopic (exact) mass is 458 g/mol. The van der Waals surface area contributed by atoms with Crippen molar-refractivity contribution in [3.63, 3.8) is 0 Å². The standard InChI is InChI=1S/C24H27BrO4/c1-5-28-23(26)15-10-19-9-14-22(27-4)21(13-6-17(2)3)24(19)29-16-18-7-11-20(25)12-8-18/h6-12,14-15H,5,13,16H2,1-4H3. The molecule has 0 N–H and O–H groups in total. The van der Waals surface area contributed by atoms with E-state index in [1.54, 1.807) is 20.1 Å². The van der Waals surface area contributed by atoms with Gasteiger partial charge >= 0.3 is 5.97 Å². The zero-order valence-corrected chi connectivity index (χ0v) is 18.9. The number of halogens is 1. The molecule has 0 aliphatic carbocycles. The summed E-state index contributed by atoms with van der Waals surface area (Å²) >= 11 is 3.45. The van der Waals surface area contributed by atoms with E-state index in [0.717, 1.165) is 26.9 Å². The molecule has 4 nitrogen and oxygen atoms in total. The summed E-state index contributed by atoms with van der Waals surface area (Å²) in [5.74, 6) is 1.07. The van der Waals surface area contributed by atoms with Crippen molar-refractivity contribution in [1.29, 1.82) is 0 Å². The lowest BCUT2D eigenvalue weighted by Crippen LogP contribution is -2.03. The second kappa shape index (κ2) is 11.5. The van der Waals surface area contributed by atoms with Gasteiger partial charge in [-0.05, 0) is 63.1 Å². The summed E-state index contributed by atoms with van der Waals surface area (Å²) < 4.78 is 17.8. The van der Waals surface area contributed by atoms with E-state index >= 15 is 0 Å². The number of hydrogen-bond acceptors (Lipinski definition) is 4. The molecule has 0 saturated carbocycles. The Bertz CT molecular complexity index is 878. The van der Waals surface area contributed by atoms with E-state index in [0.29, 0.717) is 25.4 Å². The molecule has 0 unspecified atom stereocenters. The van der Waals surface area contributed by atoms with Crippen molar-refractivity contribution >= 4 is 28.0 Å². The van der Waals surface area contributed by atoms with Gasteiger partial charge in [-0.1, -0.05) is 39.7 Å². The van der Waals surface area contributed by atoms with E-state index in [1.165, 1.54) is 11.6 Å². The molecule has 0 aliphatic rings. The van der Waals surface area contributed by atoms with Gasteiger partial charge in [-0.3, -0.25) is 0 Å². The normalized spacial score (nSPS) is 10.7. The van der Waals surface area contributed by atoms with E-state index in [4.69, 9.17) is 14.2 Å². The van der Waals surface area contributed by atoms with Gasteiger partial charge in [0.1, 0.15) is 18.1 Å². The number of esters is 1. The first kappa shape index (κ1) is 22.8. The smallest absolute Gasteiger partial charge is 0.330 e. The SMILES string of the molecule is CCOC(=O)C=Cc1ccc(OC)c(CC=C(C)C)c1OCc1ccc(Br)cc1. The molecule has 5 heteroatoms. The molecule has 0 heterocycles. The van der Waals surface area contributed by atoms with Crippen LogP contribution < -0.4 is 9.47 Å². The molecular formula is C24H27BrO4. The van der Waals surface area contributed by atoms with Crippen LogP contribution in [0.25, 0.3) is 6.08 Å². The number of carbonyl (C=O) groups excluding carboxylic acids is 1. The quantitative estimate of drug-likeness (QED) is 0.257. The van der Waals surface area contributed by atoms with Gasteiger partial charge in [0, 0.05) is 21.7 Å². The first-order chi connectivity index (χ1) is 13.9. The molecule has 0 radical (unpaired) electrons. The van der Waals surface area contributed by atoms with Crippen molar-refractivity contribution in [1.82, 2.24) is 0 Å². The number of ether oxygens (including phenoxy) is 3. The van der Waals surface area contributed by atoms with Crippen molar-refractivity contribution in [3.05, 3.63) is 75.3 Å². The van der Waals surface area contributed by atoms with Gasteiger partial charge in [0.05, 0.1) is 13.7 Å². The van der Waals surface area contributed by atoms with Crippen LogP contribution in [-0.2, 0) is 22.6 Å². The van der Waals surface area contributed by atoms with Crippen LogP contribution in [0.15, 0.2) is 58.6 Å². The van der Waals surface area contributed by atoms with Crippen LogP contribution in [0.5, 0.6) is 11.5 Å². The summed E-state index contributed by atoms with van der Waals surface area (Å²) in [7, 11) is 1.65. The third-order valence-corrected chi connectivity index (χ3v) is 4.69. The van der Waals surface area contributed by atoms with Crippen molar-refractivity contribution in [3.8, 4) is 11.5 Å². The van der Waals surface area contributed by atoms with Gasteiger partial charge in [-0.2, -0.15) is 0 Å². The first-order valence-corrected chi connectivity index (χ1v) is 10.3. The largest absolute Gasteiger partial charge is 0.496 e. The molecule has 154 valence electrons. The molecule has 2 aromatic rings. The van der Waals surface area contributed by atoms with E-state index in [-0.39, 0.29) is 5.97 Å². The summed E-state index contributed by atoms with van der Waals surface area (Å²) in [5.41, 5.74) is 3.99. The molecule has 29 heavy (non-hydrogen) atoms. The molecule has 2 rings (SSSR count). The Morgan fingerprint density at radius 2 is 1.83 bits per heavy atom. The molecule has 2 aromatic carbocycles. The van der Waals surface area contributed by atoms with Gasteiger partial charge in [0.15, 0.2) is 0 Å². The third kappa shape index (κ3) is 7.09. The highest BCUT2D eigenvalue weighted by Gasteiger charge is 2.14. The molecule has 0 atom stereocenters. The van der Waals surface area contributed by atoms with Crippen LogP contribution >= 0.6 is 15.9 Å². The Kier molecular flexibility index (Phi) is 9.00. The number of allylic oxidation sites excluding steroid dienone is 2. The van der Waals surface area contributed by atoms with E-state index in [2.05, 4.69) is 35.9 Å². The Morgan fingerprint density at radius 1 is 1.10 bits per heavy atom. The van der Waals surface area contributed by atoms with E-state index in [1.807, 2.05) is 36.4 Å². The summed E-state index contributed by atoms with van der Waals surface area (Å²) in [6, 6.07) is 11.8. The van der Waals surface area contributed by atoms with Crippen LogP contribution in [0.3, 0.4) is 0 Å². The van der Waals surface area contributed by atoms with Crippen LogP contribution in [0.2, 0.25) is 0 Å². The summed E-state index contributed by atoms with van der Waals surface area (Å²) in [6.45, 7) is 6.63. The van der Waals surface area contributed by atoms with Crippen LogP contribution in [0.4, 0.5) is 0 Å². The summed E-state index contributed by atoms with van der Waals surface area (Å²) in [4.78, 5) is 11.8. The highest BCUT2D eigenvalue weighted by Crippen LogP contribution is 2.35. The second-order valence-corrected chi connectivity index (χ2v) is 7.57. The minimum Gasteiger partial charge on any atom is -0.496 e. The lowest BCUT2D eigenvalue weighted by Gasteiger charge is -2.17. The minimum absolute atomic E-state index is 0.338. The van der Waals surface area contributed by atoms with Gasteiger partial charge in [-0.25, -0.2) is 4.79 Å². The predicted octanol–water partition coefficient (Wildman–Crippen LogP) is 6.12. The van der Waals surface area contributed by atoms with Crippen LogP contribution in [-0.4, -0.2) is 19.7 Å². The maximum atomic E-state index is 11.8. The van der Waals surface area contributed by atoms with Crippen molar-refractivity contribution in [2.45, 2.75) is 33.8 Å². The molecule has 0 aliphatic heterocycles. The highest BCUT2D eigenvalue weighted by molar-refractivity contribution is 9.10. The Morgan fingerprint density at radius 3 is 2.45 bits per heavy atom. The van der Waals surface area contributed by atoms with Crippen molar-refractivity contribution in [2.24, 2.45) is 0 Å². The maximum Gasteiger partial charge on any atom is 0.330 e. The van der Waals surface area contributed by atoms with Gasteiger partial charge in [-0.15, -0.1) is 0 Å². The van der Waals surface area contributed by atoms with E-state index < -0.39 is 0 Å². The zero-order chi connectivity index (χ0) is 21.2. The first-order valence-electron chi connectivity index (χ1n) is 9.49. The fraction of sp³-hybridized carbons (Fsp3) is 0.292. The number of rotatable bonds is 9. The van der Waals surface area contributed by atoms with Crippen LogP contribution in [0, 0.1) is 0 Å². The minimum atomic E-state index is -0.381. The topological polar surface area (TPSA) is 44.8 Å². The number of carbonyl (C=O) groups is 1. The van der Waals surface area contributed by atoms with Gasteiger partial charge in [0.25, 0.3) is 0 Å². The van der Waals surface area contributed by atoms with Crippen molar-refractivity contribution < 1.29 is 19.0 Å². The van der Waals surface area contributed by atoms with Crippen molar-refractivity contribution in [2.75, 3.05) is 13.7 Å². The third-order valence-electron chi connectivity index (χ3n) is 4.16. The average Bonchev–Trinajstić information content (AvgIpc) is 2.70. The molecule has 0 fully saturated rings. The maximum absolute atomic E-state index is 11.8. The molecule has 0 saturated heterocycles. The lowest BCUT2D eigenvalue weighted by atomic mass is 10.0. The summed E-state index contributed by atoms with van der Waals surface area (Å²) in [6.07, 6.45) is 5.94. The van der Waals surface area contributed by atoms with Gasteiger partial charge in [0.2, 0.25) is 0 Å². The molecular weight excluding hydrogens is 432 g/mol. The Balaban J connectivity index is 2.42. The fourth-order valence-corrected chi connectivity index (χ4v) is 2.97. The number of hydrogen-bond donors (Lipinski definition) is 0. The zero-order valence-electron chi connectivity index (χ0n) is 17.3. The summed E-state index contributed by atoms with van der Waals surface area (Å²) in [5, 5.41) is 0. The highest BCUT2D eigenvalue weighted by atomic mass is 79.9. The molecule has 0 amide bonds. The number of methoxy groups -OCH3 is 1. The predicted molar refractivity (Wildman–Crippen MR) is 120 cm³/mol. The Labute approximate surface area is 181 Å². The van der Waals surface area contributed by atoms with Gasteiger partial charge < -0.3 is 14.2 Å². The lowest BCUT2D eigenvalue weighted by molar-refractivity contribution is -0.137. The molecule has 0 bridgehead atoms. The number of benzene rings is 2. The Hall–Kier alpha value is -2.53. The van der Waals surface area contributed by atoms with Crippen LogP contribution in [0.1, 0.15) is 37.5 Å². The average molecular weight is 459 g/mol. The fourth-order valence-electron chi connectivity index (χ4n) is 2.70. The molecule has 0 spiro atoms. The second-order valence-electron chi connectivity index (χ2n) is 6.65. The molecule has 0 aromatic heterocycles. The van der Waals surface area contributed by atoms with E-state index in [9.17, 15) is 4.79 Å².